The van der Waals surface area contributed by atoms with Gasteiger partial charge in [-0.2, -0.15) is 0 Å². The molecule has 4 nitrogen and oxygen atoms in total. The van der Waals surface area contributed by atoms with E-state index in [-0.39, 0.29) is 5.03 Å². The fourth-order valence-corrected chi connectivity index (χ4v) is 3.03. The minimum atomic E-state index is -3.85. The normalized spacial score (nSPS) is 11.8. The van der Waals surface area contributed by atoms with Crippen molar-refractivity contribution < 1.29 is 8.42 Å². The van der Waals surface area contributed by atoms with Crippen LogP contribution in [0.5, 0.6) is 0 Å². The second-order valence-electron chi connectivity index (χ2n) is 4.52. The Kier molecular flexibility index (Phi) is 5.20. The van der Waals surface area contributed by atoms with Gasteiger partial charge in [0.1, 0.15) is 5.82 Å². The summed E-state index contributed by atoms with van der Waals surface area (Å²) in [5.74, 6) is 0.646. The molecule has 0 amide bonds. The third kappa shape index (κ3) is 3.92. The van der Waals surface area contributed by atoms with Crippen molar-refractivity contribution in [1.29, 1.82) is 0 Å². The summed E-state index contributed by atoms with van der Waals surface area (Å²) in [4.78, 5) is 4.09. The van der Waals surface area contributed by atoms with Crippen LogP contribution in [0, 0.1) is 0 Å². The molecule has 0 atom stereocenters. The van der Waals surface area contributed by atoms with Crippen LogP contribution in [0.3, 0.4) is 0 Å². The lowest BCUT2D eigenvalue weighted by molar-refractivity contribution is 0.606. The van der Waals surface area contributed by atoms with Gasteiger partial charge in [0, 0.05) is 23.3 Å². The van der Waals surface area contributed by atoms with Gasteiger partial charge in [0.2, 0.25) is 0 Å². The molecule has 114 valence electrons. The van der Waals surface area contributed by atoms with Crippen LogP contribution in [0.25, 0.3) is 0 Å². The van der Waals surface area contributed by atoms with E-state index in [2.05, 4.69) is 4.98 Å². The standard InChI is InChI=1S/C13H13Cl3N2O2S/c1-2-4-11-17-12(21(16,19)20)8-18(11)7-9-5-3-6-10(14)13(9)15/h3,5-6,8H,2,4,7H2,1H3. The summed E-state index contributed by atoms with van der Waals surface area (Å²) in [5.41, 5.74) is 0.789. The first-order valence-electron chi connectivity index (χ1n) is 6.26. The molecular formula is C13H13Cl3N2O2S. The van der Waals surface area contributed by atoms with Crippen molar-refractivity contribution in [2.75, 3.05) is 0 Å². The lowest BCUT2D eigenvalue weighted by Crippen LogP contribution is -2.04. The molecule has 1 heterocycles. The number of aromatic nitrogens is 2. The molecule has 2 rings (SSSR count). The molecular weight excluding hydrogens is 355 g/mol. The molecule has 0 spiro atoms. The maximum atomic E-state index is 11.4. The molecule has 1 aromatic carbocycles. The predicted molar refractivity (Wildman–Crippen MR) is 84.8 cm³/mol. The van der Waals surface area contributed by atoms with Gasteiger partial charge in [-0.15, -0.1) is 0 Å². The average Bonchev–Trinajstić information content (AvgIpc) is 2.79. The van der Waals surface area contributed by atoms with Crippen LogP contribution in [0.15, 0.2) is 29.4 Å². The van der Waals surface area contributed by atoms with Crippen LogP contribution in [0.1, 0.15) is 24.7 Å². The number of imidazole rings is 1. The first kappa shape index (κ1) is 16.6. The zero-order valence-corrected chi connectivity index (χ0v) is 14.3. The quantitative estimate of drug-likeness (QED) is 0.747. The van der Waals surface area contributed by atoms with Gasteiger partial charge in [0.05, 0.1) is 16.6 Å². The Morgan fingerprint density at radius 2 is 2.00 bits per heavy atom. The van der Waals surface area contributed by atoms with Crippen molar-refractivity contribution in [2.24, 2.45) is 0 Å². The summed E-state index contributed by atoms with van der Waals surface area (Å²) in [6.07, 6.45) is 2.90. The number of halogens is 3. The highest BCUT2D eigenvalue weighted by Crippen LogP contribution is 2.27. The fraction of sp³-hybridized carbons (Fsp3) is 0.308. The average molecular weight is 368 g/mol. The van der Waals surface area contributed by atoms with Gasteiger partial charge < -0.3 is 4.57 Å². The Morgan fingerprint density at radius 3 is 2.62 bits per heavy atom. The molecule has 2 aromatic rings. The van der Waals surface area contributed by atoms with Crippen LogP contribution in [-0.2, 0) is 22.0 Å². The highest BCUT2D eigenvalue weighted by Gasteiger charge is 2.18. The molecule has 0 fully saturated rings. The third-order valence-electron chi connectivity index (χ3n) is 2.93. The summed E-state index contributed by atoms with van der Waals surface area (Å²) in [6.45, 7) is 2.37. The summed E-state index contributed by atoms with van der Waals surface area (Å²) >= 11 is 12.1. The second-order valence-corrected chi connectivity index (χ2v) is 7.82. The first-order chi connectivity index (χ1) is 9.82. The molecule has 21 heavy (non-hydrogen) atoms. The second kappa shape index (κ2) is 6.57. The Labute approximate surface area is 138 Å². The molecule has 8 heteroatoms. The van der Waals surface area contributed by atoms with Crippen LogP contribution >= 0.6 is 33.9 Å². The van der Waals surface area contributed by atoms with Gasteiger partial charge >= 0.3 is 0 Å². The van der Waals surface area contributed by atoms with Crippen LogP contribution in [0.2, 0.25) is 10.0 Å². The van der Waals surface area contributed by atoms with Crippen molar-refractivity contribution >= 4 is 42.9 Å². The predicted octanol–water partition coefficient (Wildman–Crippen LogP) is 4.12. The first-order valence-corrected chi connectivity index (χ1v) is 9.33. The van der Waals surface area contributed by atoms with Gasteiger partial charge in [-0.1, -0.05) is 42.3 Å². The Morgan fingerprint density at radius 1 is 1.29 bits per heavy atom. The van der Waals surface area contributed by atoms with Crippen molar-refractivity contribution in [3.63, 3.8) is 0 Å². The highest BCUT2D eigenvalue weighted by molar-refractivity contribution is 8.13. The van der Waals surface area contributed by atoms with Gasteiger partial charge in [0.25, 0.3) is 9.05 Å². The van der Waals surface area contributed by atoms with Gasteiger partial charge in [0.15, 0.2) is 5.03 Å². The summed E-state index contributed by atoms with van der Waals surface area (Å²) in [7, 11) is 1.50. The van der Waals surface area contributed by atoms with Crippen molar-refractivity contribution in [3.8, 4) is 0 Å². The molecule has 0 N–H and O–H groups in total. The third-order valence-corrected chi connectivity index (χ3v) is 4.96. The van der Waals surface area contributed by atoms with E-state index in [0.717, 1.165) is 12.0 Å². The number of hydrogen-bond acceptors (Lipinski definition) is 3. The molecule has 0 aliphatic carbocycles. The van der Waals surface area contributed by atoms with Crippen LogP contribution in [-0.4, -0.2) is 18.0 Å². The van der Waals surface area contributed by atoms with Crippen molar-refractivity contribution in [2.45, 2.75) is 31.3 Å². The highest BCUT2D eigenvalue weighted by atomic mass is 35.7. The van der Waals surface area contributed by atoms with E-state index in [9.17, 15) is 8.42 Å². The largest absolute Gasteiger partial charge is 0.329 e. The van der Waals surface area contributed by atoms with E-state index >= 15 is 0 Å². The molecule has 0 saturated heterocycles. The molecule has 0 aliphatic rings. The lowest BCUT2D eigenvalue weighted by atomic mass is 10.2. The number of hydrogen-bond donors (Lipinski definition) is 0. The molecule has 0 bridgehead atoms. The lowest BCUT2D eigenvalue weighted by Gasteiger charge is -2.09. The molecule has 0 unspecified atom stereocenters. The van der Waals surface area contributed by atoms with Gasteiger partial charge in [-0.25, -0.2) is 13.4 Å². The van der Waals surface area contributed by atoms with E-state index in [1.54, 1.807) is 16.7 Å². The zero-order chi connectivity index (χ0) is 15.6. The smallest absolute Gasteiger partial charge is 0.280 e. The van der Waals surface area contributed by atoms with E-state index in [1.165, 1.54) is 6.20 Å². The summed E-state index contributed by atoms with van der Waals surface area (Å²) in [5, 5.41) is 0.757. The molecule has 0 saturated carbocycles. The Hall–Kier alpha value is -0.750. The van der Waals surface area contributed by atoms with Crippen molar-refractivity contribution in [1.82, 2.24) is 9.55 Å². The van der Waals surface area contributed by atoms with E-state index in [4.69, 9.17) is 33.9 Å². The minimum Gasteiger partial charge on any atom is -0.329 e. The SMILES string of the molecule is CCCc1nc(S(=O)(=O)Cl)cn1Cc1cccc(Cl)c1Cl. The maximum absolute atomic E-state index is 11.4. The van der Waals surface area contributed by atoms with E-state index < -0.39 is 9.05 Å². The Bertz CT molecular complexity index is 757. The molecule has 1 aromatic heterocycles. The topological polar surface area (TPSA) is 52.0 Å². The Balaban J connectivity index is 2.43. The molecule has 0 aliphatic heterocycles. The summed E-state index contributed by atoms with van der Waals surface area (Å²) in [6, 6.07) is 5.32. The van der Waals surface area contributed by atoms with Gasteiger partial charge in [-0.3, -0.25) is 0 Å². The minimum absolute atomic E-state index is 0.147. The van der Waals surface area contributed by atoms with E-state index in [1.807, 2.05) is 13.0 Å². The number of nitrogens with zero attached hydrogens (tertiary/aromatic N) is 2. The monoisotopic (exact) mass is 366 g/mol. The van der Waals surface area contributed by atoms with E-state index in [0.29, 0.717) is 28.8 Å². The fourth-order valence-electron chi connectivity index (χ4n) is 1.96. The number of rotatable bonds is 5. The van der Waals surface area contributed by atoms with Crippen LogP contribution in [0.4, 0.5) is 0 Å². The molecule has 0 radical (unpaired) electrons. The van der Waals surface area contributed by atoms with Gasteiger partial charge in [-0.05, 0) is 18.1 Å². The summed E-state index contributed by atoms with van der Waals surface area (Å²) < 4.78 is 24.6. The van der Waals surface area contributed by atoms with Crippen LogP contribution < -0.4 is 0 Å². The number of benzene rings is 1. The number of aryl methyl sites for hydroxylation is 1. The zero-order valence-electron chi connectivity index (χ0n) is 11.2. The van der Waals surface area contributed by atoms with Crippen molar-refractivity contribution in [3.05, 3.63) is 45.8 Å². The maximum Gasteiger partial charge on any atom is 0.280 e.